The fraction of sp³-hybridized carbons (Fsp3) is 0.500. The first-order valence-corrected chi connectivity index (χ1v) is 8.25. The van der Waals surface area contributed by atoms with Crippen molar-refractivity contribution in [2.24, 2.45) is 11.8 Å². The van der Waals surface area contributed by atoms with Gasteiger partial charge in [0.05, 0.1) is 0 Å². The minimum atomic E-state index is -0.0468. The number of amides is 2. The van der Waals surface area contributed by atoms with Crippen LogP contribution in [0.5, 0.6) is 0 Å². The molecule has 1 atom stereocenters. The Morgan fingerprint density at radius 2 is 1.90 bits per heavy atom. The number of likely N-dealkylation sites (tertiary alicyclic amines) is 1. The third-order valence-corrected chi connectivity index (χ3v) is 4.71. The third kappa shape index (κ3) is 3.64. The number of nitrogens with zero attached hydrogens (tertiary/aromatic N) is 1. The number of benzene rings is 1. The Balaban J connectivity index is 1.46. The Labute approximate surface area is 133 Å². The SMILES string of the molecule is O=C(NC[C@@H]1CCN(C(=O)C2CC2)C1)c1ccc(Br)cc1. The summed E-state index contributed by atoms with van der Waals surface area (Å²) < 4.78 is 0.962. The van der Waals surface area contributed by atoms with E-state index in [9.17, 15) is 9.59 Å². The zero-order valence-corrected chi connectivity index (χ0v) is 13.4. The lowest BCUT2D eigenvalue weighted by Crippen LogP contribution is -2.33. The first kappa shape index (κ1) is 14.6. The van der Waals surface area contributed by atoms with E-state index < -0.39 is 0 Å². The lowest BCUT2D eigenvalue weighted by molar-refractivity contribution is -0.131. The van der Waals surface area contributed by atoms with Crippen molar-refractivity contribution in [1.82, 2.24) is 10.2 Å². The highest BCUT2D eigenvalue weighted by Gasteiger charge is 2.36. The molecule has 0 bridgehead atoms. The van der Waals surface area contributed by atoms with Crippen LogP contribution in [-0.4, -0.2) is 36.3 Å². The maximum Gasteiger partial charge on any atom is 0.251 e. The minimum Gasteiger partial charge on any atom is -0.352 e. The van der Waals surface area contributed by atoms with E-state index in [2.05, 4.69) is 21.2 Å². The van der Waals surface area contributed by atoms with Crippen molar-refractivity contribution < 1.29 is 9.59 Å². The van der Waals surface area contributed by atoms with Crippen LogP contribution in [0.4, 0.5) is 0 Å². The molecule has 1 saturated carbocycles. The topological polar surface area (TPSA) is 49.4 Å². The smallest absolute Gasteiger partial charge is 0.251 e. The van der Waals surface area contributed by atoms with Gasteiger partial charge < -0.3 is 10.2 Å². The van der Waals surface area contributed by atoms with E-state index >= 15 is 0 Å². The average Bonchev–Trinajstić information content (AvgIpc) is 3.23. The normalized spacial score (nSPS) is 21.4. The van der Waals surface area contributed by atoms with Crippen LogP contribution in [0.25, 0.3) is 0 Å². The summed E-state index contributed by atoms with van der Waals surface area (Å²) in [5.41, 5.74) is 0.669. The van der Waals surface area contributed by atoms with Crippen LogP contribution in [0.15, 0.2) is 28.7 Å². The van der Waals surface area contributed by atoms with Crippen molar-refractivity contribution in [3.8, 4) is 0 Å². The lowest BCUT2D eigenvalue weighted by Gasteiger charge is -2.16. The van der Waals surface area contributed by atoms with Crippen LogP contribution in [0.3, 0.4) is 0 Å². The van der Waals surface area contributed by atoms with Crippen molar-refractivity contribution in [2.75, 3.05) is 19.6 Å². The molecule has 4 nitrogen and oxygen atoms in total. The molecule has 2 fully saturated rings. The predicted molar refractivity (Wildman–Crippen MR) is 83.9 cm³/mol. The zero-order valence-electron chi connectivity index (χ0n) is 11.8. The second-order valence-corrected chi connectivity index (χ2v) is 6.85. The number of nitrogens with one attached hydrogen (secondary N) is 1. The highest BCUT2D eigenvalue weighted by atomic mass is 79.9. The van der Waals surface area contributed by atoms with Gasteiger partial charge in [-0.05, 0) is 49.4 Å². The Kier molecular flexibility index (Phi) is 4.29. The molecule has 1 aliphatic carbocycles. The molecule has 3 rings (SSSR count). The van der Waals surface area contributed by atoms with Crippen LogP contribution in [0, 0.1) is 11.8 Å². The van der Waals surface area contributed by atoms with Gasteiger partial charge in [0.25, 0.3) is 5.91 Å². The van der Waals surface area contributed by atoms with Crippen LogP contribution in [-0.2, 0) is 4.79 Å². The summed E-state index contributed by atoms with van der Waals surface area (Å²) in [6.07, 6.45) is 3.10. The molecule has 112 valence electrons. The molecule has 0 spiro atoms. The highest BCUT2D eigenvalue weighted by Crippen LogP contribution is 2.32. The first-order chi connectivity index (χ1) is 10.1. The summed E-state index contributed by atoms with van der Waals surface area (Å²) in [5, 5.41) is 2.97. The number of carbonyl (C=O) groups excluding carboxylic acids is 2. The van der Waals surface area contributed by atoms with E-state index in [1.54, 1.807) is 12.1 Å². The van der Waals surface area contributed by atoms with Gasteiger partial charge in [-0.3, -0.25) is 9.59 Å². The van der Waals surface area contributed by atoms with Crippen LogP contribution in [0.1, 0.15) is 29.6 Å². The molecule has 1 aliphatic heterocycles. The first-order valence-electron chi connectivity index (χ1n) is 7.46. The Bertz CT molecular complexity index is 540. The zero-order chi connectivity index (χ0) is 14.8. The minimum absolute atomic E-state index is 0.0468. The number of hydrogen-bond acceptors (Lipinski definition) is 2. The maximum absolute atomic E-state index is 12.0. The summed E-state index contributed by atoms with van der Waals surface area (Å²) in [6.45, 7) is 2.27. The second kappa shape index (κ2) is 6.18. The molecule has 0 radical (unpaired) electrons. The Morgan fingerprint density at radius 3 is 2.57 bits per heavy atom. The maximum atomic E-state index is 12.0. The third-order valence-electron chi connectivity index (χ3n) is 4.18. The van der Waals surface area contributed by atoms with Crippen LogP contribution < -0.4 is 5.32 Å². The molecule has 0 unspecified atom stereocenters. The molecule has 5 heteroatoms. The largest absolute Gasteiger partial charge is 0.352 e. The van der Waals surface area contributed by atoms with E-state index in [1.165, 1.54) is 0 Å². The van der Waals surface area contributed by atoms with E-state index in [4.69, 9.17) is 0 Å². The monoisotopic (exact) mass is 350 g/mol. The van der Waals surface area contributed by atoms with Crippen molar-refractivity contribution in [2.45, 2.75) is 19.3 Å². The lowest BCUT2D eigenvalue weighted by atomic mass is 10.1. The number of rotatable bonds is 4. The van der Waals surface area contributed by atoms with Gasteiger partial charge in [0.1, 0.15) is 0 Å². The summed E-state index contributed by atoms with van der Waals surface area (Å²) in [6, 6.07) is 7.33. The second-order valence-electron chi connectivity index (χ2n) is 5.93. The van der Waals surface area contributed by atoms with Gasteiger partial charge in [-0.25, -0.2) is 0 Å². The van der Waals surface area contributed by atoms with Gasteiger partial charge in [-0.1, -0.05) is 15.9 Å². The standard InChI is InChI=1S/C16H19BrN2O2/c17-14-5-3-12(4-6-14)15(20)18-9-11-7-8-19(10-11)16(21)13-1-2-13/h3-6,11,13H,1-2,7-10H2,(H,18,20)/t11-/m0/s1. The van der Waals surface area contributed by atoms with Crippen molar-refractivity contribution in [3.63, 3.8) is 0 Å². The molecular weight excluding hydrogens is 332 g/mol. The molecule has 21 heavy (non-hydrogen) atoms. The predicted octanol–water partition coefficient (Wildman–Crippen LogP) is 2.44. The Hall–Kier alpha value is -1.36. The molecule has 2 aliphatic rings. The van der Waals surface area contributed by atoms with Crippen molar-refractivity contribution in [1.29, 1.82) is 0 Å². The van der Waals surface area contributed by atoms with Crippen LogP contribution >= 0.6 is 15.9 Å². The highest BCUT2D eigenvalue weighted by molar-refractivity contribution is 9.10. The number of carbonyl (C=O) groups is 2. The van der Waals surface area contributed by atoms with Crippen molar-refractivity contribution >= 4 is 27.7 Å². The van der Waals surface area contributed by atoms with Gasteiger partial charge in [0.2, 0.25) is 5.91 Å². The average molecular weight is 351 g/mol. The molecule has 1 saturated heterocycles. The molecule has 1 aromatic carbocycles. The molecule has 1 N–H and O–H groups in total. The van der Waals surface area contributed by atoms with Gasteiger partial charge in [-0.2, -0.15) is 0 Å². The molecule has 0 aromatic heterocycles. The van der Waals surface area contributed by atoms with E-state index in [0.29, 0.717) is 29.9 Å². The van der Waals surface area contributed by atoms with Gasteiger partial charge >= 0.3 is 0 Å². The fourth-order valence-electron chi connectivity index (χ4n) is 2.73. The molecular formula is C16H19BrN2O2. The Morgan fingerprint density at radius 1 is 1.19 bits per heavy atom. The fourth-order valence-corrected chi connectivity index (χ4v) is 2.99. The summed E-state index contributed by atoms with van der Waals surface area (Å²) in [5.74, 6) is 0.944. The van der Waals surface area contributed by atoms with Gasteiger partial charge in [0, 0.05) is 35.6 Å². The quantitative estimate of drug-likeness (QED) is 0.906. The molecule has 2 amide bonds. The molecule has 1 heterocycles. The van der Waals surface area contributed by atoms with Crippen LogP contribution in [0.2, 0.25) is 0 Å². The van der Waals surface area contributed by atoms with E-state index in [1.807, 2.05) is 17.0 Å². The van der Waals surface area contributed by atoms with E-state index in [-0.39, 0.29) is 5.91 Å². The van der Waals surface area contributed by atoms with Crippen molar-refractivity contribution in [3.05, 3.63) is 34.3 Å². The number of hydrogen-bond donors (Lipinski definition) is 1. The van der Waals surface area contributed by atoms with Gasteiger partial charge in [0.15, 0.2) is 0 Å². The summed E-state index contributed by atoms with van der Waals surface area (Å²) in [7, 11) is 0. The molecule has 1 aromatic rings. The number of halogens is 1. The van der Waals surface area contributed by atoms with E-state index in [0.717, 1.165) is 36.8 Å². The summed E-state index contributed by atoms with van der Waals surface area (Å²) >= 11 is 3.36. The summed E-state index contributed by atoms with van der Waals surface area (Å²) in [4.78, 5) is 26.0. The van der Waals surface area contributed by atoms with Gasteiger partial charge in [-0.15, -0.1) is 0 Å².